The second-order valence-electron chi connectivity index (χ2n) is 6.37. The summed E-state index contributed by atoms with van der Waals surface area (Å²) in [6, 6.07) is 22.7. The molecule has 26 heavy (non-hydrogen) atoms. The zero-order valence-electron chi connectivity index (χ0n) is 14.7. The van der Waals surface area contributed by atoms with Gasteiger partial charge in [-0.25, -0.2) is 14.6 Å². The van der Waals surface area contributed by atoms with E-state index in [0.29, 0.717) is 0 Å². The van der Waals surface area contributed by atoms with Crippen LogP contribution in [0.15, 0.2) is 79.1 Å². The molecule has 4 heteroatoms. The fourth-order valence-corrected chi connectivity index (χ4v) is 2.98. The van der Waals surface area contributed by atoms with Gasteiger partial charge in [0.1, 0.15) is 5.82 Å². The predicted molar refractivity (Wildman–Crippen MR) is 102 cm³/mol. The highest BCUT2D eigenvalue weighted by Crippen LogP contribution is 2.14. The van der Waals surface area contributed by atoms with E-state index in [4.69, 9.17) is 4.98 Å². The summed E-state index contributed by atoms with van der Waals surface area (Å²) in [5, 5.41) is 4.48. The Kier molecular flexibility index (Phi) is 4.56. The fraction of sp³-hybridized carbons (Fsp3) is 0.136. The standard InChI is InChI=1S/C22H20N4/c1-17-11-13-26(25-17)21-9-5-8-19(15-21)14-20-10-12-23-22(24-20)16-18-6-3-2-4-7-18/h2-13,15H,14,16H2,1H3. The summed E-state index contributed by atoms with van der Waals surface area (Å²) in [5.74, 6) is 0.854. The number of benzene rings is 2. The molecule has 0 radical (unpaired) electrons. The van der Waals surface area contributed by atoms with E-state index in [1.165, 1.54) is 11.1 Å². The SMILES string of the molecule is Cc1ccn(-c2cccc(Cc3ccnc(Cc4ccccc4)n3)c2)n1. The minimum Gasteiger partial charge on any atom is -0.241 e. The van der Waals surface area contributed by atoms with E-state index in [9.17, 15) is 0 Å². The van der Waals surface area contributed by atoms with Crippen molar-refractivity contribution in [3.63, 3.8) is 0 Å². The van der Waals surface area contributed by atoms with Crippen LogP contribution >= 0.6 is 0 Å². The summed E-state index contributed by atoms with van der Waals surface area (Å²) >= 11 is 0. The molecular formula is C22H20N4. The molecule has 2 heterocycles. The number of aromatic nitrogens is 4. The van der Waals surface area contributed by atoms with Crippen LogP contribution in [0.5, 0.6) is 0 Å². The molecule has 0 saturated carbocycles. The van der Waals surface area contributed by atoms with Gasteiger partial charge in [0.25, 0.3) is 0 Å². The normalized spacial score (nSPS) is 10.8. The maximum Gasteiger partial charge on any atom is 0.132 e. The Balaban J connectivity index is 1.53. The van der Waals surface area contributed by atoms with Crippen molar-refractivity contribution in [2.45, 2.75) is 19.8 Å². The Bertz CT molecular complexity index is 1010. The van der Waals surface area contributed by atoms with E-state index in [0.717, 1.165) is 35.7 Å². The van der Waals surface area contributed by atoms with Crippen LogP contribution in [0.3, 0.4) is 0 Å². The number of nitrogens with zero attached hydrogens (tertiary/aromatic N) is 4. The Morgan fingerprint density at radius 3 is 2.50 bits per heavy atom. The molecular weight excluding hydrogens is 320 g/mol. The van der Waals surface area contributed by atoms with Crippen LogP contribution in [0.4, 0.5) is 0 Å². The summed E-state index contributed by atoms with van der Waals surface area (Å²) < 4.78 is 1.90. The average molecular weight is 340 g/mol. The van der Waals surface area contributed by atoms with Crippen molar-refractivity contribution in [3.8, 4) is 5.69 Å². The third-order valence-corrected chi connectivity index (χ3v) is 4.25. The highest BCUT2D eigenvalue weighted by Gasteiger charge is 2.05. The van der Waals surface area contributed by atoms with Crippen LogP contribution in [-0.2, 0) is 12.8 Å². The summed E-state index contributed by atoms with van der Waals surface area (Å²) in [6.07, 6.45) is 5.36. The van der Waals surface area contributed by atoms with E-state index in [1.807, 2.05) is 54.3 Å². The molecule has 0 unspecified atom stereocenters. The van der Waals surface area contributed by atoms with E-state index in [1.54, 1.807) is 0 Å². The first-order valence-electron chi connectivity index (χ1n) is 8.72. The first-order valence-corrected chi connectivity index (χ1v) is 8.72. The third-order valence-electron chi connectivity index (χ3n) is 4.25. The maximum atomic E-state index is 4.74. The Morgan fingerprint density at radius 1 is 0.846 bits per heavy atom. The second kappa shape index (κ2) is 7.31. The van der Waals surface area contributed by atoms with Gasteiger partial charge in [-0.2, -0.15) is 5.10 Å². The average Bonchev–Trinajstić information content (AvgIpc) is 3.10. The van der Waals surface area contributed by atoms with E-state index >= 15 is 0 Å². The van der Waals surface area contributed by atoms with Gasteiger partial charge >= 0.3 is 0 Å². The molecule has 0 fully saturated rings. The van der Waals surface area contributed by atoms with Gasteiger partial charge in [-0.3, -0.25) is 0 Å². The maximum absolute atomic E-state index is 4.74. The molecule has 0 bridgehead atoms. The second-order valence-corrected chi connectivity index (χ2v) is 6.37. The Morgan fingerprint density at radius 2 is 1.69 bits per heavy atom. The van der Waals surface area contributed by atoms with Gasteiger partial charge in [0.15, 0.2) is 0 Å². The Hall–Kier alpha value is -3.27. The first-order chi connectivity index (χ1) is 12.8. The van der Waals surface area contributed by atoms with Crippen LogP contribution < -0.4 is 0 Å². The highest BCUT2D eigenvalue weighted by atomic mass is 15.3. The van der Waals surface area contributed by atoms with Gasteiger partial charge in [0.2, 0.25) is 0 Å². The smallest absolute Gasteiger partial charge is 0.132 e. The van der Waals surface area contributed by atoms with Crippen molar-refractivity contribution in [3.05, 3.63) is 107 Å². The predicted octanol–water partition coefficient (Wildman–Crippen LogP) is 4.15. The molecule has 0 N–H and O–H groups in total. The van der Waals surface area contributed by atoms with Crippen molar-refractivity contribution in [1.82, 2.24) is 19.7 Å². The molecule has 4 nitrogen and oxygen atoms in total. The summed E-state index contributed by atoms with van der Waals surface area (Å²) in [7, 11) is 0. The molecule has 0 spiro atoms. The highest BCUT2D eigenvalue weighted by molar-refractivity contribution is 5.37. The molecule has 0 saturated heterocycles. The monoisotopic (exact) mass is 340 g/mol. The minimum atomic E-state index is 0.751. The largest absolute Gasteiger partial charge is 0.241 e. The molecule has 4 aromatic rings. The van der Waals surface area contributed by atoms with Gasteiger partial charge < -0.3 is 0 Å². The molecule has 0 amide bonds. The summed E-state index contributed by atoms with van der Waals surface area (Å²) in [6.45, 7) is 2.00. The number of rotatable bonds is 5. The molecule has 128 valence electrons. The van der Waals surface area contributed by atoms with Crippen LogP contribution in [0.2, 0.25) is 0 Å². The first kappa shape index (κ1) is 16.2. The summed E-state index contributed by atoms with van der Waals surface area (Å²) in [5.41, 5.74) is 5.53. The topological polar surface area (TPSA) is 43.6 Å². The van der Waals surface area contributed by atoms with Crippen LogP contribution in [0.25, 0.3) is 5.69 Å². The van der Waals surface area contributed by atoms with E-state index in [2.05, 4.69) is 46.5 Å². The number of hydrogen-bond donors (Lipinski definition) is 0. The fourth-order valence-electron chi connectivity index (χ4n) is 2.98. The van der Waals surface area contributed by atoms with Crippen molar-refractivity contribution < 1.29 is 0 Å². The van der Waals surface area contributed by atoms with Crippen molar-refractivity contribution in [2.75, 3.05) is 0 Å². The third kappa shape index (κ3) is 3.86. The lowest BCUT2D eigenvalue weighted by molar-refractivity contribution is 0.858. The van der Waals surface area contributed by atoms with Crippen molar-refractivity contribution >= 4 is 0 Å². The van der Waals surface area contributed by atoms with Gasteiger partial charge in [0, 0.05) is 30.9 Å². The van der Waals surface area contributed by atoms with Gasteiger partial charge in [-0.1, -0.05) is 42.5 Å². The number of hydrogen-bond acceptors (Lipinski definition) is 3. The quantitative estimate of drug-likeness (QED) is 0.548. The van der Waals surface area contributed by atoms with E-state index in [-0.39, 0.29) is 0 Å². The lowest BCUT2D eigenvalue weighted by Gasteiger charge is -2.07. The molecule has 2 aromatic heterocycles. The zero-order valence-corrected chi connectivity index (χ0v) is 14.7. The van der Waals surface area contributed by atoms with Crippen LogP contribution in [0.1, 0.15) is 28.3 Å². The van der Waals surface area contributed by atoms with Crippen LogP contribution in [-0.4, -0.2) is 19.7 Å². The van der Waals surface area contributed by atoms with Gasteiger partial charge in [-0.15, -0.1) is 0 Å². The van der Waals surface area contributed by atoms with Crippen LogP contribution in [0, 0.1) is 6.92 Å². The molecule has 2 aromatic carbocycles. The molecule has 0 aliphatic carbocycles. The van der Waals surface area contributed by atoms with Gasteiger partial charge in [-0.05, 0) is 42.3 Å². The van der Waals surface area contributed by atoms with Gasteiger partial charge in [0.05, 0.1) is 11.4 Å². The molecule has 0 aliphatic heterocycles. The Labute approximate surface area is 153 Å². The van der Waals surface area contributed by atoms with E-state index < -0.39 is 0 Å². The lowest BCUT2D eigenvalue weighted by Crippen LogP contribution is -2.01. The molecule has 0 atom stereocenters. The minimum absolute atomic E-state index is 0.751. The zero-order chi connectivity index (χ0) is 17.8. The van der Waals surface area contributed by atoms with Crippen molar-refractivity contribution in [2.24, 2.45) is 0 Å². The lowest BCUT2D eigenvalue weighted by atomic mass is 10.1. The molecule has 0 aliphatic rings. The summed E-state index contributed by atoms with van der Waals surface area (Å²) in [4.78, 5) is 9.16. The van der Waals surface area contributed by atoms with Crippen molar-refractivity contribution in [1.29, 1.82) is 0 Å². The number of aryl methyl sites for hydroxylation is 1. The molecule has 4 rings (SSSR count).